The summed E-state index contributed by atoms with van der Waals surface area (Å²) in [4.78, 5) is 26.3. The van der Waals surface area contributed by atoms with Gasteiger partial charge in [0.25, 0.3) is 5.56 Å². The highest BCUT2D eigenvalue weighted by molar-refractivity contribution is 5.77. The molecule has 0 spiro atoms. The van der Waals surface area contributed by atoms with E-state index in [2.05, 4.69) is 5.16 Å². The first-order valence-corrected chi connectivity index (χ1v) is 8.19. The number of rotatable bonds is 3. The van der Waals surface area contributed by atoms with Crippen molar-refractivity contribution in [3.8, 4) is 0 Å². The Bertz CT molecular complexity index is 866. The third kappa shape index (κ3) is 3.25. The number of aryl methyl sites for hydroxylation is 2. The number of alkyl halides is 3. The monoisotopic (exact) mass is 369 g/mol. The number of halogens is 3. The largest absolute Gasteiger partial charge is 0.421 e. The first kappa shape index (κ1) is 18.2. The first-order chi connectivity index (χ1) is 12.2. The van der Waals surface area contributed by atoms with Crippen LogP contribution >= 0.6 is 0 Å². The number of carbonyl (C=O) groups is 1. The van der Waals surface area contributed by atoms with Gasteiger partial charge in [-0.2, -0.15) is 13.2 Å². The normalized spacial score (nSPS) is 17.7. The molecule has 3 heterocycles. The van der Waals surface area contributed by atoms with Crippen LogP contribution in [0.3, 0.4) is 0 Å². The van der Waals surface area contributed by atoms with Crippen LogP contribution in [0.5, 0.6) is 0 Å². The molecule has 1 amide bonds. The first-order valence-electron chi connectivity index (χ1n) is 8.19. The lowest BCUT2D eigenvalue weighted by Gasteiger charge is -2.25. The Labute approximate surface area is 147 Å². The topological polar surface area (TPSA) is 68.3 Å². The van der Waals surface area contributed by atoms with Gasteiger partial charge >= 0.3 is 6.18 Å². The van der Waals surface area contributed by atoms with Crippen molar-refractivity contribution >= 4 is 5.91 Å². The van der Waals surface area contributed by atoms with Crippen molar-refractivity contribution in [1.82, 2.24) is 14.6 Å². The van der Waals surface area contributed by atoms with Crippen LogP contribution < -0.4 is 5.56 Å². The number of likely N-dealkylation sites (tertiary alicyclic amines) is 1. The van der Waals surface area contributed by atoms with E-state index in [1.54, 1.807) is 18.7 Å². The van der Waals surface area contributed by atoms with Crippen molar-refractivity contribution in [1.29, 1.82) is 0 Å². The van der Waals surface area contributed by atoms with Gasteiger partial charge in [0.05, 0.1) is 11.7 Å². The van der Waals surface area contributed by atoms with E-state index in [1.807, 2.05) is 0 Å². The average molecular weight is 369 g/mol. The highest BCUT2D eigenvalue weighted by Gasteiger charge is 2.36. The molecule has 6 nitrogen and oxygen atoms in total. The molecule has 0 aliphatic carbocycles. The summed E-state index contributed by atoms with van der Waals surface area (Å²) >= 11 is 0. The van der Waals surface area contributed by atoms with Crippen LogP contribution in [0.4, 0.5) is 13.2 Å². The lowest BCUT2D eigenvalue weighted by Crippen LogP contribution is -2.37. The highest BCUT2D eigenvalue weighted by atomic mass is 19.4. The van der Waals surface area contributed by atoms with Crippen LogP contribution in [0, 0.1) is 13.8 Å². The Morgan fingerprint density at radius 1 is 1.38 bits per heavy atom. The molecule has 2 aromatic heterocycles. The van der Waals surface area contributed by atoms with E-state index in [0.717, 1.165) is 22.6 Å². The summed E-state index contributed by atoms with van der Waals surface area (Å²) in [5, 5.41) is 3.90. The molecule has 0 saturated carbocycles. The Morgan fingerprint density at radius 3 is 2.73 bits per heavy atom. The maximum absolute atomic E-state index is 12.9. The number of hydrogen-bond donors (Lipinski definition) is 0. The Kier molecular flexibility index (Phi) is 4.64. The zero-order valence-corrected chi connectivity index (χ0v) is 14.3. The van der Waals surface area contributed by atoms with Crippen LogP contribution in [0.25, 0.3) is 0 Å². The zero-order valence-electron chi connectivity index (χ0n) is 14.3. The van der Waals surface area contributed by atoms with Gasteiger partial charge in [-0.15, -0.1) is 0 Å². The number of amides is 1. The van der Waals surface area contributed by atoms with E-state index in [0.29, 0.717) is 30.5 Å². The zero-order chi connectivity index (χ0) is 19.1. The van der Waals surface area contributed by atoms with E-state index >= 15 is 0 Å². The molecular weight excluding hydrogens is 351 g/mol. The smallest absolute Gasteiger partial charge is 0.361 e. The van der Waals surface area contributed by atoms with Crippen LogP contribution in [0.1, 0.15) is 41.5 Å². The van der Waals surface area contributed by atoms with Gasteiger partial charge in [-0.25, -0.2) is 0 Å². The fourth-order valence-corrected chi connectivity index (χ4v) is 3.44. The lowest BCUT2D eigenvalue weighted by molar-refractivity contribution is -0.139. The second-order valence-electron chi connectivity index (χ2n) is 6.34. The molecule has 3 rings (SSSR count). The third-order valence-corrected chi connectivity index (χ3v) is 4.63. The van der Waals surface area contributed by atoms with Crippen molar-refractivity contribution in [2.24, 2.45) is 0 Å². The quantitative estimate of drug-likeness (QED) is 0.834. The third-order valence-electron chi connectivity index (χ3n) is 4.63. The molecule has 0 N–H and O–H groups in total. The number of carbonyl (C=O) groups excluding carboxylic acids is 1. The van der Waals surface area contributed by atoms with E-state index < -0.39 is 29.8 Å². The van der Waals surface area contributed by atoms with Crippen molar-refractivity contribution in [3.63, 3.8) is 0 Å². The summed E-state index contributed by atoms with van der Waals surface area (Å²) < 4.78 is 44.6. The van der Waals surface area contributed by atoms with Crippen LogP contribution in [-0.4, -0.2) is 27.1 Å². The van der Waals surface area contributed by atoms with Crippen LogP contribution in [-0.2, 0) is 17.5 Å². The molecule has 1 atom stereocenters. The fourth-order valence-electron chi connectivity index (χ4n) is 3.44. The SMILES string of the molecule is Cc1noc(C)c1[C@H]1CCCN1C(=O)Cn1cccc(C(F)(F)F)c1=O. The average Bonchev–Trinajstić information content (AvgIpc) is 3.14. The maximum Gasteiger partial charge on any atom is 0.421 e. The fraction of sp³-hybridized carbons (Fsp3) is 0.471. The standard InChI is InChI=1S/C17H18F3N3O3/c1-10-15(11(2)26-21-10)13-6-4-8-23(13)14(24)9-22-7-3-5-12(16(22)25)17(18,19)20/h3,5,7,13H,4,6,8-9H2,1-2H3/t13-/m1/s1. The summed E-state index contributed by atoms with van der Waals surface area (Å²) in [6.07, 6.45) is -2.09. The summed E-state index contributed by atoms with van der Waals surface area (Å²) in [5.41, 5.74) is -0.992. The Hall–Kier alpha value is -2.58. The van der Waals surface area contributed by atoms with Crippen molar-refractivity contribution in [3.05, 3.63) is 51.3 Å². The van der Waals surface area contributed by atoms with Gasteiger partial charge in [0.2, 0.25) is 5.91 Å². The number of aromatic nitrogens is 2. The molecule has 1 saturated heterocycles. The molecule has 0 bridgehead atoms. The summed E-state index contributed by atoms with van der Waals surface area (Å²) in [7, 11) is 0. The molecule has 1 aliphatic rings. The van der Waals surface area contributed by atoms with Crippen molar-refractivity contribution in [2.75, 3.05) is 6.54 Å². The molecular formula is C17H18F3N3O3. The molecule has 1 fully saturated rings. The molecule has 9 heteroatoms. The summed E-state index contributed by atoms with van der Waals surface area (Å²) in [6, 6.07) is 1.59. The second-order valence-corrected chi connectivity index (χ2v) is 6.34. The summed E-state index contributed by atoms with van der Waals surface area (Å²) in [5.74, 6) is 0.206. The summed E-state index contributed by atoms with van der Waals surface area (Å²) in [6.45, 7) is 3.57. The van der Waals surface area contributed by atoms with Crippen molar-refractivity contribution in [2.45, 2.75) is 45.5 Å². The van der Waals surface area contributed by atoms with Gasteiger partial charge in [0.15, 0.2) is 0 Å². The molecule has 2 aromatic rings. The van der Waals surface area contributed by atoms with Gasteiger partial charge < -0.3 is 14.0 Å². The van der Waals surface area contributed by atoms with Crippen LogP contribution in [0.15, 0.2) is 27.6 Å². The van der Waals surface area contributed by atoms with Gasteiger partial charge in [0, 0.05) is 18.3 Å². The molecule has 26 heavy (non-hydrogen) atoms. The Morgan fingerprint density at radius 2 is 2.12 bits per heavy atom. The lowest BCUT2D eigenvalue weighted by atomic mass is 10.0. The minimum atomic E-state index is -4.75. The van der Waals surface area contributed by atoms with E-state index in [-0.39, 0.29) is 6.04 Å². The van der Waals surface area contributed by atoms with Gasteiger partial charge in [-0.05, 0) is 38.8 Å². The second kappa shape index (κ2) is 6.62. The van der Waals surface area contributed by atoms with E-state index in [9.17, 15) is 22.8 Å². The number of nitrogens with zero attached hydrogens (tertiary/aromatic N) is 3. The Balaban J connectivity index is 1.86. The molecule has 140 valence electrons. The molecule has 0 aromatic carbocycles. The van der Waals surface area contributed by atoms with Gasteiger partial charge in [-0.1, -0.05) is 5.16 Å². The number of hydrogen-bond acceptors (Lipinski definition) is 4. The predicted octanol–water partition coefficient (Wildman–Crippen LogP) is 2.84. The highest BCUT2D eigenvalue weighted by Crippen LogP contribution is 2.35. The van der Waals surface area contributed by atoms with E-state index in [4.69, 9.17) is 4.52 Å². The number of pyridine rings is 1. The maximum atomic E-state index is 12.9. The molecule has 1 aliphatic heterocycles. The minimum Gasteiger partial charge on any atom is -0.361 e. The van der Waals surface area contributed by atoms with Crippen molar-refractivity contribution < 1.29 is 22.5 Å². The minimum absolute atomic E-state index is 0.241. The van der Waals surface area contributed by atoms with Crippen LogP contribution in [0.2, 0.25) is 0 Å². The van der Waals surface area contributed by atoms with Gasteiger partial charge in [0.1, 0.15) is 17.9 Å². The van der Waals surface area contributed by atoms with E-state index in [1.165, 1.54) is 6.20 Å². The predicted molar refractivity (Wildman–Crippen MR) is 85.4 cm³/mol. The molecule has 0 unspecified atom stereocenters. The molecule has 0 radical (unpaired) electrons. The van der Waals surface area contributed by atoms with Gasteiger partial charge in [-0.3, -0.25) is 9.59 Å².